The van der Waals surface area contributed by atoms with Crippen molar-refractivity contribution in [3.63, 3.8) is 0 Å². The first kappa shape index (κ1) is 28.1. The number of nitrogens with zero attached hydrogens (tertiary/aromatic N) is 5. The Bertz CT molecular complexity index is 1260. The number of hydrogen-bond donors (Lipinski definition) is 3. The second-order valence-electron chi connectivity index (χ2n) is 9.22. The zero-order valence-electron chi connectivity index (χ0n) is 20.4. The summed E-state index contributed by atoms with van der Waals surface area (Å²) in [5.74, 6) is -0.920. The van der Waals surface area contributed by atoms with Crippen molar-refractivity contribution in [2.24, 2.45) is 0 Å². The van der Waals surface area contributed by atoms with Crippen molar-refractivity contribution in [1.29, 1.82) is 0 Å². The minimum atomic E-state index is -4.98. The fourth-order valence-corrected chi connectivity index (χ4v) is 4.59. The van der Waals surface area contributed by atoms with Crippen LogP contribution in [0.2, 0.25) is 0 Å². The first-order chi connectivity index (χ1) is 18.3. The lowest BCUT2D eigenvalue weighted by Crippen LogP contribution is -2.50. The second kappa shape index (κ2) is 10.7. The van der Waals surface area contributed by atoms with Crippen LogP contribution in [-0.4, -0.2) is 74.6 Å². The van der Waals surface area contributed by atoms with Crippen LogP contribution in [0.4, 0.5) is 38.0 Å². The summed E-state index contributed by atoms with van der Waals surface area (Å²) in [5, 5.41) is 9.91. The van der Waals surface area contributed by atoms with Crippen molar-refractivity contribution < 1.29 is 35.9 Å². The molecule has 0 aliphatic carbocycles. The van der Waals surface area contributed by atoms with Crippen molar-refractivity contribution in [2.45, 2.75) is 56.7 Å². The van der Waals surface area contributed by atoms with E-state index in [1.54, 1.807) is 14.9 Å². The van der Waals surface area contributed by atoms with E-state index in [0.29, 0.717) is 38.9 Å². The lowest BCUT2D eigenvalue weighted by molar-refractivity contribution is -0.139. The zero-order chi connectivity index (χ0) is 28.5. The zero-order valence-corrected chi connectivity index (χ0v) is 20.4. The number of carbonyl (C=O) groups is 2. The Balaban J connectivity index is 1.31. The predicted octanol–water partition coefficient (Wildman–Crippen LogP) is 1.78. The van der Waals surface area contributed by atoms with Gasteiger partial charge in [-0.05, 0) is 26.2 Å². The molecule has 4 rings (SSSR count). The van der Waals surface area contributed by atoms with E-state index in [1.165, 1.54) is 6.92 Å². The van der Waals surface area contributed by atoms with Gasteiger partial charge in [-0.2, -0.15) is 31.4 Å². The van der Waals surface area contributed by atoms with Crippen molar-refractivity contribution in [2.75, 3.05) is 29.9 Å². The van der Waals surface area contributed by atoms with Crippen LogP contribution in [0, 0.1) is 0 Å². The van der Waals surface area contributed by atoms with Gasteiger partial charge >= 0.3 is 12.4 Å². The largest absolute Gasteiger partial charge is 0.423 e. The summed E-state index contributed by atoms with van der Waals surface area (Å²) >= 11 is 0. The lowest BCUT2D eigenvalue weighted by atomic mass is 10.0. The Morgan fingerprint density at radius 2 is 1.64 bits per heavy atom. The third kappa shape index (κ3) is 6.22. The molecule has 2 amide bonds. The molecule has 0 radical (unpaired) electrons. The molecule has 2 aromatic heterocycles. The number of rotatable bonds is 6. The summed E-state index contributed by atoms with van der Waals surface area (Å²) in [7, 11) is 0. The Labute approximate surface area is 217 Å². The number of alkyl halides is 6. The van der Waals surface area contributed by atoms with Crippen LogP contribution < -0.4 is 21.1 Å². The van der Waals surface area contributed by atoms with Crippen molar-refractivity contribution in [1.82, 2.24) is 30.4 Å². The summed E-state index contributed by atoms with van der Waals surface area (Å²) in [5.41, 5.74) is -4.60. The maximum atomic E-state index is 13.2. The van der Waals surface area contributed by atoms with E-state index in [-0.39, 0.29) is 17.9 Å². The fourth-order valence-electron chi connectivity index (χ4n) is 4.59. The average molecular weight is 562 g/mol. The average Bonchev–Trinajstić information content (AvgIpc) is 3.22. The molecular weight excluding hydrogens is 538 g/mol. The number of anilines is 2. The van der Waals surface area contributed by atoms with E-state index >= 15 is 0 Å². The molecule has 2 atom stereocenters. The van der Waals surface area contributed by atoms with Gasteiger partial charge in [0, 0.05) is 38.1 Å². The highest BCUT2D eigenvalue weighted by Gasteiger charge is 2.40. The van der Waals surface area contributed by atoms with Crippen LogP contribution in [0.15, 0.2) is 23.4 Å². The van der Waals surface area contributed by atoms with Crippen molar-refractivity contribution in [3.8, 4) is 0 Å². The molecule has 2 aromatic rings. The predicted molar refractivity (Wildman–Crippen MR) is 123 cm³/mol. The van der Waals surface area contributed by atoms with Crippen LogP contribution in [0.5, 0.6) is 0 Å². The minimum absolute atomic E-state index is 0.158. The van der Waals surface area contributed by atoms with Gasteiger partial charge in [-0.1, -0.05) is 0 Å². The normalized spacial score (nSPS) is 19.8. The van der Waals surface area contributed by atoms with Gasteiger partial charge in [0.15, 0.2) is 0 Å². The highest BCUT2D eigenvalue weighted by molar-refractivity contribution is 5.92. The number of hydrogen-bond acceptors (Lipinski definition) is 8. The molecule has 2 aliphatic heterocycles. The molecule has 11 nitrogen and oxygen atoms in total. The number of aromatic nitrogens is 4. The molecule has 2 unspecified atom stereocenters. The summed E-state index contributed by atoms with van der Waals surface area (Å²) in [6.45, 7) is 2.45. The van der Waals surface area contributed by atoms with Gasteiger partial charge in [0.25, 0.3) is 5.56 Å². The third-order valence-corrected chi connectivity index (χ3v) is 6.61. The van der Waals surface area contributed by atoms with Gasteiger partial charge in [0.05, 0.1) is 17.4 Å². The number of nitrogens with one attached hydrogen (secondary N) is 3. The molecule has 39 heavy (non-hydrogen) atoms. The lowest BCUT2D eigenvalue weighted by Gasteiger charge is -2.36. The van der Waals surface area contributed by atoms with Gasteiger partial charge in [0.1, 0.15) is 17.6 Å². The van der Waals surface area contributed by atoms with Crippen LogP contribution in [0.25, 0.3) is 0 Å². The van der Waals surface area contributed by atoms with E-state index in [2.05, 4.69) is 25.7 Å². The van der Waals surface area contributed by atoms with E-state index in [0.717, 1.165) is 18.6 Å². The molecule has 0 bridgehead atoms. The van der Waals surface area contributed by atoms with Gasteiger partial charge < -0.3 is 20.4 Å². The highest BCUT2D eigenvalue weighted by atomic mass is 19.4. The molecule has 17 heteroatoms. The first-order valence-corrected chi connectivity index (χ1v) is 11.9. The monoisotopic (exact) mass is 562 g/mol. The van der Waals surface area contributed by atoms with Crippen molar-refractivity contribution in [3.05, 3.63) is 40.1 Å². The molecule has 3 N–H and O–H groups in total. The number of carbonyl (C=O) groups excluding carboxylic acids is 2. The summed E-state index contributed by atoms with van der Waals surface area (Å²) in [4.78, 5) is 48.2. The summed E-state index contributed by atoms with van der Waals surface area (Å²) < 4.78 is 77.9. The Kier molecular flexibility index (Phi) is 7.70. The van der Waals surface area contributed by atoms with E-state index in [4.69, 9.17) is 0 Å². The van der Waals surface area contributed by atoms with E-state index < -0.39 is 52.7 Å². The van der Waals surface area contributed by atoms with Crippen LogP contribution in [0.3, 0.4) is 0 Å². The van der Waals surface area contributed by atoms with Crippen molar-refractivity contribution >= 4 is 23.5 Å². The molecule has 2 saturated heterocycles. The third-order valence-electron chi connectivity index (χ3n) is 6.61. The number of likely N-dealkylation sites (tertiary alicyclic amines) is 1. The number of amides is 2. The van der Waals surface area contributed by atoms with Gasteiger partial charge in [-0.25, -0.2) is 15.1 Å². The molecule has 212 valence electrons. The number of halogens is 6. The van der Waals surface area contributed by atoms with Crippen LogP contribution >= 0.6 is 0 Å². The molecule has 4 heterocycles. The Hall–Kier alpha value is -3.92. The molecule has 0 saturated carbocycles. The topological polar surface area (TPSA) is 136 Å². The van der Waals surface area contributed by atoms with Gasteiger partial charge in [0.2, 0.25) is 17.8 Å². The highest BCUT2D eigenvalue weighted by Crippen LogP contribution is 2.32. The maximum Gasteiger partial charge on any atom is 0.423 e. The molecule has 0 aromatic carbocycles. The Morgan fingerprint density at radius 1 is 1.00 bits per heavy atom. The molecular formula is C22H24F6N8O3. The minimum Gasteiger partial charge on any atom is -0.372 e. The molecule has 2 aliphatic rings. The number of H-pyrrole nitrogens is 1. The second-order valence-corrected chi connectivity index (χ2v) is 9.22. The van der Waals surface area contributed by atoms with Crippen LogP contribution in [-0.2, 0) is 21.9 Å². The fraction of sp³-hybridized carbons (Fsp3) is 0.545. The van der Waals surface area contributed by atoms with Gasteiger partial charge in [-0.3, -0.25) is 14.4 Å². The standard InChI is InChI=1S/C22H24F6N8O3/c1-11(32-15-10-31-34-18(38)16(15)22(26,27)28)17(37)33-14-4-7-36(19(14)39)13-2-5-35(6-3-13)20-29-8-12(9-30-20)21(23,24)25/h8-11,13-14H,2-7H2,1H3,(H,33,37)(H2,32,34,38). The van der Waals surface area contributed by atoms with E-state index in [9.17, 15) is 40.7 Å². The molecule has 2 fully saturated rings. The smallest absolute Gasteiger partial charge is 0.372 e. The van der Waals surface area contributed by atoms with Crippen LogP contribution in [0.1, 0.15) is 37.3 Å². The maximum absolute atomic E-state index is 13.2. The summed E-state index contributed by atoms with van der Waals surface area (Å²) in [6.07, 6.45) is -6.03. The SMILES string of the molecule is CC(Nc1cn[nH]c(=O)c1C(F)(F)F)C(=O)NC1CCN(C2CCN(c3ncc(C(F)(F)F)cn3)CC2)C1=O. The van der Waals surface area contributed by atoms with Gasteiger partial charge in [-0.15, -0.1) is 0 Å². The quantitative estimate of drug-likeness (QED) is 0.454. The number of aromatic amines is 1. The molecule has 0 spiro atoms. The Morgan fingerprint density at radius 3 is 2.23 bits per heavy atom. The first-order valence-electron chi connectivity index (χ1n) is 11.9. The van der Waals surface area contributed by atoms with E-state index in [1.807, 2.05) is 0 Å². The number of piperidine rings is 1. The summed E-state index contributed by atoms with van der Waals surface area (Å²) in [6, 6.07) is -2.27.